The molecule has 2 aromatic heterocycles. The smallest absolute Gasteiger partial charge is 0.423 e. The Morgan fingerprint density at radius 1 is 1.44 bits per heavy atom. The fraction of sp³-hybridized carbons (Fsp3) is 0.500. The number of nitrogen functional groups attached to an aromatic ring is 1. The summed E-state index contributed by atoms with van der Waals surface area (Å²) in [4.78, 5) is 25.4. The van der Waals surface area contributed by atoms with E-state index < -0.39 is 45.6 Å². The lowest BCUT2D eigenvalue weighted by Crippen LogP contribution is -2.44. The molecule has 1 aliphatic rings. The van der Waals surface area contributed by atoms with E-state index in [0.29, 0.717) is 0 Å². The van der Waals surface area contributed by atoms with Crippen LogP contribution in [0.1, 0.15) is 13.2 Å². The number of nitrogens with zero attached hydrogens (tertiary/aromatic N) is 3. The molecule has 27 heavy (non-hydrogen) atoms. The predicted molar refractivity (Wildman–Crippen MR) is 90.3 cm³/mol. The van der Waals surface area contributed by atoms with E-state index >= 15 is 0 Å². The average molecular weight is 404 g/mol. The second kappa shape index (κ2) is 6.77. The van der Waals surface area contributed by atoms with Gasteiger partial charge in [0.15, 0.2) is 6.23 Å². The van der Waals surface area contributed by atoms with Gasteiger partial charge in [0.05, 0.1) is 12.0 Å². The van der Waals surface area contributed by atoms with Gasteiger partial charge < -0.3 is 45.1 Å². The van der Waals surface area contributed by atoms with E-state index in [2.05, 4.69) is 14.5 Å². The summed E-state index contributed by atoms with van der Waals surface area (Å²) >= 11 is 0. The zero-order valence-electron chi connectivity index (χ0n) is 13.9. The van der Waals surface area contributed by atoms with E-state index in [4.69, 9.17) is 20.3 Å². The van der Waals surface area contributed by atoms with Crippen LogP contribution >= 0.6 is 7.82 Å². The summed E-state index contributed by atoms with van der Waals surface area (Å²) in [5.74, 6) is -0.0404. The van der Waals surface area contributed by atoms with Crippen LogP contribution in [0, 0.1) is 0 Å². The van der Waals surface area contributed by atoms with Crippen LogP contribution < -0.4 is 11.2 Å². The van der Waals surface area contributed by atoms with Crippen molar-refractivity contribution in [2.45, 2.75) is 31.0 Å². The minimum Gasteiger partial charge on any atom is -0.423 e. The fourth-order valence-electron chi connectivity index (χ4n) is 3.06. The molecule has 0 spiro atoms. The lowest BCUT2D eigenvalue weighted by atomic mass is 9.80. The SMILES string of the molecule is C[C@@]1(O)C(O)C(COP(=O)(O)O)OC1n1cc(B(O)O)c2c(N)ncnc21. The van der Waals surface area contributed by atoms with Crippen LogP contribution in [0.2, 0.25) is 0 Å². The largest absolute Gasteiger partial charge is 0.490 e. The molecule has 13 nitrogen and oxygen atoms in total. The maximum atomic E-state index is 10.9. The van der Waals surface area contributed by atoms with E-state index in [0.717, 1.165) is 6.33 Å². The first-order valence-corrected chi connectivity index (χ1v) is 9.19. The van der Waals surface area contributed by atoms with Crippen LogP contribution in [0.3, 0.4) is 0 Å². The Morgan fingerprint density at radius 2 is 2.11 bits per heavy atom. The molecule has 3 rings (SSSR count). The lowest BCUT2D eigenvalue weighted by molar-refractivity contribution is -0.0946. The van der Waals surface area contributed by atoms with Crippen LogP contribution in [0.15, 0.2) is 12.5 Å². The Balaban J connectivity index is 2.03. The Labute approximate surface area is 152 Å². The molecule has 0 aromatic carbocycles. The molecular weight excluding hydrogens is 386 g/mol. The molecule has 8 N–H and O–H groups in total. The first-order valence-electron chi connectivity index (χ1n) is 7.66. The van der Waals surface area contributed by atoms with Gasteiger partial charge in [-0.3, -0.25) is 4.52 Å². The number of aromatic nitrogens is 3. The average Bonchev–Trinajstić information content (AvgIpc) is 3.03. The van der Waals surface area contributed by atoms with Crippen LogP contribution in [0.25, 0.3) is 11.0 Å². The molecule has 0 aliphatic carbocycles. The van der Waals surface area contributed by atoms with Gasteiger partial charge >= 0.3 is 14.9 Å². The number of phosphoric acid groups is 1. The molecule has 0 amide bonds. The summed E-state index contributed by atoms with van der Waals surface area (Å²) in [5, 5.41) is 40.3. The van der Waals surface area contributed by atoms with Crippen molar-refractivity contribution in [3.63, 3.8) is 0 Å². The number of fused-ring (bicyclic) bond motifs is 1. The van der Waals surface area contributed by atoms with Crippen molar-refractivity contribution < 1.29 is 43.9 Å². The summed E-state index contributed by atoms with van der Waals surface area (Å²) in [6, 6.07) is 0. The van der Waals surface area contributed by atoms with Gasteiger partial charge in [0.25, 0.3) is 0 Å². The minimum atomic E-state index is -4.82. The monoisotopic (exact) mass is 404 g/mol. The van der Waals surface area contributed by atoms with E-state index in [1.165, 1.54) is 17.7 Å². The number of hydrogen-bond acceptors (Lipinski definition) is 10. The van der Waals surface area contributed by atoms with Gasteiger partial charge in [0, 0.05) is 11.7 Å². The van der Waals surface area contributed by atoms with Gasteiger partial charge in [-0.1, -0.05) is 0 Å². The van der Waals surface area contributed by atoms with E-state index in [1.807, 2.05) is 0 Å². The maximum Gasteiger partial charge on any atom is 0.490 e. The Morgan fingerprint density at radius 3 is 2.70 bits per heavy atom. The van der Waals surface area contributed by atoms with Gasteiger partial charge in [0.1, 0.15) is 35.6 Å². The molecule has 0 saturated carbocycles. The van der Waals surface area contributed by atoms with Crippen LogP contribution in [0.5, 0.6) is 0 Å². The predicted octanol–water partition coefficient (Wildman–Crippen LogP) is -3.19. The van der Waals surface area contributed by atoms with Crippen molar-refractivity contribution in [1.82, 2.24) is 14.5 Å². The quantitative estimate of drug-likeness (QED) is 0.194. The molecular formula is C12H18BN4O9P. The van der Waals surface area contributed by atoms with Crippen molar-refractivity contribution in [2.24, 2.45) is 0 Å². The zero-order valence-corrected chi connectivity index (χ0v) is 14.8. The normalized spacial score (nSPS) is 28.8. The van der Waals surface area contributed by atoms with Gasteiger partial charge in [0.2, 0.25) is 0 Å². The molecule has 1 fully saturated rings. The first-order chi connectivity index (χ1) is 12.4. The molecule has 4 atom stereocenters. The molecule has 148 valence electrons. The second-order valence-electron chi connectivity index (χ2n) is 6.31. The third-order valence-corrected chi connectivity index (χ3v) is 4.85. The number of nitrogens with two attached hydrogens (primary N) is 1. The zero-order chi connectivity index (χ0) is 20.1. The van der Waals surface area contributed by atoms with Crippen molar-refractivity contribution in [3.05, 3.63) is 12.5 Å². The Kier molecular flexibility index (Phi) is 5.05. The van der Waals surface area contributed by atoms with Crippen molar-refractivity contribution in [1.29, 1.82) is 0 Å². The summed E-state index contributed by atoms with van der Waals surface area (Å²) in [7, 11) is -6.74. The number of anilines is 1. The first kappa shape index (κ1) is 20.1. The number of rotatable bonds is 5. The lowest BCUT2D eigenvalue weighted by Gasteiger charge is -2.27. The number of aliphatic hydroxyl groups excluding tert-OH is 1. The second-order valence-corrected chi connectivity index (χ2v) is 7.55. The molecule has 2 aromatic rings. The summed E-state index contributed by atoms with van der Waals surface area (Å²) in [6.45, 7) is 0.551. The van der Waals surface area contributed by atoms with Gasteiger partial charge in [-0.15, -0.1) is 0 Å². The molecule has 3 unspecified atom stereocenters. The number of hydrogen-bond donors (Lipinski definition) is 7. The highest BCUT2D eigenvalue weighted by atomic mass is 31.2. The van der Waals surface area contributed by atoms with Crippen LogP contribution in [-0.4, -0.2) is 76.1 Å². The summed E-state index contributed by atoms with van der Waals surface area (Å²) in [5.41, 5.74) is 3.89. The van der Waals surface area contributed by atoms with Crippen molar-refractivity contribution in [3.8, 4) is 0 Å². The highest BCUT2D eigenvalue weighted by Gasteiger charge is 2.54. The summed E-state index contributed by atoms with van der Waals surface area (Å²) in [6.07, 6.45) is -1.82. The van der Waals surface area contributed by atoms with Crippen molar-refractivity contribution >= 4 is 37.3 Å². The van der Waals surface area contributed by atoms with Crippen LogP contribution in [0.4, 0.5) is 5.82 Å². The van der Waals surface area contributed by atoms with Crippen LogP contribution in [-0.2, 0) is 13.8 Å². The van der Waals surface area contributed by atoms with Crippen molar-refractivity contribution in [2.75, 3.05) is 12.3 Å². The third-order valence-electron chi connectivity index (χ3n) is 4.36. The molecule has 0 bridgehead atoms. The van der Waals surface area contributed by atoms with Gasteiger partial charge in [-0.2, -0.15) is 0 Å². The summed E-state index contributed by atoms with van der Waals surface area (Å²) < 4.78 is 22.0. The minimum absolute atomic E-state index is 0.0404. The van der Waals surface area contributed by atoms with Gasteiger partial charge in [-0.25, -0.2) is 14.5 Å². The Hall–Kier alpha value is -1.61. The number of phosphoric ester groups is 1. The molecule has 0 radical (unpaired) electrons. The van der Waals surface area contributed by atoms with E-state index in [9.17, 15) is 24.8 Å². The molecule has 3 heterocycles. The molecule has 15 heteroatoms. The van der Waals surface area contributed by atoms with Gasteiger partial charge in [-0.05, 0) is 6.92 Å². The Bertz CT molecular complexity index is 900. The topological polar surface area (TPSA) is 214 Å². The molecule has 1 aliphatic heterocycles. The van der Waals surface area contributed by atoms with E-state index in [-0.39, 0.29) is 22.3 Å². The standard InChI is InChI=1S/C12H18BN4O9P/c1-12(19)8(18)6(3-25-27(22,23)24)26-11(12)17-2-5(13(20)21)7-9(14)15-4-16-10(7)17/h2,4,6,8,11,18-21H,3H2,1H3,(H2,14,15,16)(H2,22,23,24)/t6?,8?,11?,12-/m1/s1. The maximum absolute atomic E-state index is 10.9. The number of aliphatic hydroxyl groups is 2. The number of ether oxygens (including phenoxy) is 1. The third kappa shape index (κ3) is 3.59. The molecule has 1 saturated heterocycles. The fourth-order valence-corrected chi connectivity index (χ4v) is 3.40. The highest BCUT2D eigenvalue weighted by molar-refractivity contribution is 7.46. The highest BCUT2D eigenvalue weighted by Crippen LogP contribution is 2.42. The van der Waals surface area contributed by atoms with E-state index in [1.54, 1.807) is 0 Å².